The first-order valence-corrected chi connectivity index (χ1v) is 10.7. The van der Waals surface area contributed by atoms with Crippen LogP contribution in [0.15, 0.2) is 37.9 Å². The number of fused-ring (bicyclic) bond motifs is 2. The Morgan fingerprint density at radius 1 is 1.31 bits per heavy atom. The van der Waals surface area contributed by atoms with Crippen molar-refractivity contribution in [2.45, 2.75) is 29.8 Å². The minimum Gasteiger partial charge on any atom is -0.389 e. The van der Waals surface area contributed by atoms with Gasteiger partial charge < -0.3 is 20.0 Å². The number of hydrogen-bond acceptors (Lipinski definition) is 8. The van der Waals surface area contributed by atoms with Crippen LogP contribution in [0.3, 0.4) is 0 Å². The standard InChI is InChI=1S/C18H16BrN7O2S/c1-2-10-12(19)11-14(21-10)23-17(24-15(11)26-6-8(27)7-26)29-18-22-13-9(16(28)25-18)4-3-5-20-13/h3-5,8,27H,2,6-7H2,1H3,(H,21,23,24)(H,20,22,25,28). The van der Waals surface area contributed by atoms with E-state index in [0.717, 1.165) is 27.8 Å². The normalized spacial score (nSPS) is 14.7. The van der Waals surface area contributed by atoms with Gasteiger partial charge in [-0.25, -0.2) is 19.9 Å². The average Bonchev–Trinajstić information content (AvgIpc) is 3.01. The Labute approximate surface area is 177 Å². The highest BCUT2D eigenvalue weighted by Gasteiger charge is 2.29. The molecule has 5 heterocycles. The lowest BCUT2D eigenvalue weighted by Gasteiger charge is -2.37. The van der Waals surface area contributed by atoms with E-state index in [1.165, 1.54) is 11.8 Å². The van der Waals surface area contributed by atoms with Gasteiger partial charge in [-0.15, -0.1) is 0 Å². The molecule has 29 heavy (non-hydrogen) atoms. The number of aromatic amines is 2. The first-order valence-electron chi connectivity index (χ1n) is 9.07. The van der Waals surface area contributed by atoms with Gasteiger partial charge in [0.2, 0.25) is 0 Å². The maximum atomic E-state index is 12.3. The van der Waals surface area contributed by atoms with Gasteiger partial charge in [-0.05, 0) is 46.2 Å². The topological polar surface area (TPSA) is 124 Å². The van der Waals surface area contributed by atoms with Gasteiger partial charge in [-0.1, -0.05) is 6.92 Å². The number of halogens is 1. The molecule has 0 aromatic carbocycles. The zero-order chi connectivity index (χ0) is 20.1. The van der Waals surface area contributed by atoms with Gasteiger partial charge in [0.25, 0.3) is 5.56 Å². The Hall–Kier alpha value is -2.50. The summed E-state index contributed by atoms with van der Waals surface area (Å²) in [6.45, 7) is 3.09. The summed E-state index contributed by atoms with van der Waals surface area (Å²) in [6, 6.07) is 3.38. The highest BCUT2D eigenvalue weighted by atomic mass is 79.9. The zero-order valence-electron chi connectivity index (χ0n) is 15.3. The summed E-state index contributed by atoms with van der Waals surface area (Å²) < 4.78 is 0.935. The molecule has 4 aromatic heterocycles. The summed E-state index contributed by atoms with van der Waals surface area (Å²) in [4.78, 5) is 38.3. The van der Waals surface area contributed by atoms with Gasteiger partial charge in [-0.2, -0.15) is 0 Å². The molecule has 0 bridgehead atoms. The second kappa shape index (κ2) is 7.08. The van der Waals surface area contributed by atoms with Crippen LogP contribution in [0.1, 0.15) is 12.6 Å². The van der Waals surface area contributed by atoms with Gasteiger partial charge in [0.1, 0.15) is 11.5 Å². The molecule has 4 aromatic rings. The predicted octanol–water partition coefficient (Wildman–Crippen LogP) is 2.25. The summed E-state index contributed by atoms with van der Waals surface area (Å²) in [5, 5.41) is 11.9. The van der Waals surface area contributed by atoms with E-state index in [9.17, 15) is 9.90 Å². The Kier molecular flexibility index (Phi) is 4.52. The van der Waals surface area contributed by atoms with Crippen molar-refractivity contribution in [3.8, 4) is 0 Å². The van der Waals surface area contributed by atoms with E-state index in [2.05, 4.69) is 47.8 Å². The summed E-state index contributed by atoms with van der Waals surface area (Å²) in [5.74, 6) is 0.742. The minimum absolute atomic E-state index is 0.256. The van der Waals surface area contributed by atoms with Crippen molar-refractivity contribution in [1.29, 1.82) is 0 Å². The minimum atomic E-state index is -0.357. The molecule has 0 amide bonds. The van der Waals surface area contributed by atoms with Crippen LogP contribution in [0.2, 0.25) is 0 Å². The van der Waals surface area contributed by atoms with Crippen LogP contribution in [0.4, 0.5) is 5.82 Å². The molecular weight excluding hydrogens is 458 g/mol. The number of nitrogens with zero attached hydrogens (tertiary/aromatic N) is 5. The Morgan fingerprint density at radius 2 is 2.14 bits per heavy atom. The molecule has 0 radical (unpaired) electrons. The first-order chi connectivity index (χ1) is 14.0. The van der Waals surface area contributed by atoms with Crippen LogP contribution in [0.5, 0.6) is 0 Å². The Morgan fingerprint density at radius 3 is 2.90 bits per heavy atom. The Bertz CT molecular complexity index is 1300. The SMILES string of the molecule is CCc1[nH]c2nc(Sc3nc4ncccc4c(=O)[nH]3)nc(N3CC(O)C3)c2c1Br. The van der Waals surface area contributed by atoms with Crippen LogP contribution in [-0.2, 0) is 6.42 Å². The smallest absolute Gasteiger partial charge is 0.261 e. The number of H-pyrrole nitrogens is 2. The van der Waals surface area contributed by atoms with Crippen LogP contribution in [-0.4, -0.2) is 54.2 Å². The summed E-state index contributed by atoms with van der Waals surface area (Å²) in [7, 11) is 0. The van der Waals surface area contributed by atoms with Gasteiger partial charge in [-0.3, -0.25) is 4.79 Å². The maximum absolute atomic E-state index is 12.3. The molecule has 1 saturated heterocycles. The van der Waals surface area contributed by atoms with E-state index in [1.807, 2.05) is 4.90 Å². The van der Waals surface area contributed by atoms with E-state index >= 15 is 0 Å². The highest BCUT2D eigenvalue weighted by Crippen LogP contribution is 2.37. The van der Waals surface area contributed by atoms with Crippen molar-refractivity contribution in [2.24, 2.45) is 0 Å². The van der Waals surface area contributed by atoms with Crippen LogP contribution in [0.25, 0.3) is 22.1 Å². The number of pyridine rings is 1. The molecule has 11 heteroatoms. The highest BCUT2D eigenvalue weighted by molar-refractivity contribution is 9.10. The molecule has 0 unspecified atom stereocenters. The van der Waals surface area contributed by atoms with E-state index < -0.39 is 0 Å². The lowest BCUT2D eigenvalue weighted by Crippen LogP contribution is -2.51. The monoisotopic (exact) mass is 473 g/mol. The zero-order valence-corrected chi connectivity index (χ0v) is 17.7. The quantitative estimate of drug-likeness (QED) is 0.385. The molecule has 0 spiro atoms. The largest absolute Gasteiger partial charge is 0.389 e. The van der Waals surface area contributed by atoms with Crippen LogP contribution in [0, 0.1) is 0 Å². The Balaban J connectivity index is 1.61. The van der Waals surface area contributed by atoms with E-state index in [4.69, 9.17) is 4.98 Å². The molecule has 3 N–H and O–H groups in total. The van der Waals surface area contributed by atoms with E-state index in [-0.39, 0.29) is 11.7 Å². The predicted molar refractivity (Wildman–Crippen MR) is 113 cm³/mol. The molecule has 5 rings (SSSR count). The third-order valence-electron chi connectivity index (χ3n) is 4.79. The van der Waals surface area contributed by atoms with Crippen molar-refractivity contribution in [1.82, 2.24) is 29.9 Å². The number of anilines is 1. The molecule has 9 nitrogen and oxygen atoms in total. The number of aliphatic hydroxyl groups is 1. The fourth-order valence-electron chi connectivity index (χ4n) is 3.30. The second-order valence-corrected chi connectivity index (χ2v) is 8.48. The van der Waals surface area contributed by atoms with Crippen molar-refractivity contribution < 1.29 is 5.11 Å². The average molecular weight is 474 g/mol. The molecule has 0 saturated carbocycles. The number of rotatable bonds is 4. The lowest BCUT2D eigenvalue weighted by atomic mass is 10.1. The fraction of sp³-hybridized carbons (Fsp3) is 0.278. The van der Waals surface area contributed by atoms with Gasteiger partial charge in [0.05, 0.1) is 21.3 Å². The fourth-order valence-corrected chi connectivity index (χ4v) is 4.77. The molecule has 0 aliphatic carbocycles. The second-order valence-electron chi connectivity index (χ2n) is 6.73. The van der Waals surface area contributed by atoms with E-state index in [0.29, 0.717) is 40.1 Å². The summed E-state index contributed by atoms with van der Waals surface area (Å²) >= 11 is 4.82. The summed E-state index contributed by atoms with van der Waals surface area (Å²) in [6.07, 6.45) is 2.05. The molecule has 1 aliphatic rings. The van der Waals surface area contributed by atoms with Crippen LogP contribution < -0.4 is 10.5 Å². The first kappa shape index (κ1) is 18.5. The van der Waals surface area contributed by atoms with Crippen molar-refractivity contribution in [3.63, 3.8) is 0 Å². The molecule has 1 fully saturated rings. The number of hydrogen-bond donors (Lipinski definition) is 3. The van der Waals surface area contributed by atoms with Crippen molar-refractivity contribution >= 4 is 55.6 Å². The van der Waals surface area contributed by atoms with Gasteiger partial charge >= 0.3 is 0 Å². The number of nitrogens with one attached hydrogen (secondary N) is 2. The van der Waals surface area contributed by atoms with Crippen molar-refractivity contribution in [2.75, 3.05) is 18.0 Å². The number of aliphatic hydroxyl groups excluding tert-OH is 1. The van der Waals surface area contributed by atoms with Crippen molar-refractivity contribution in [3.05, 3.63) is 38.9 Å². The number of aryl methyl sites for hydroxylation is 1. The number of β-amino-alcohol motifs (C(OH)–C–C–N with tert-alkyl or cyclic N) is 1. The molecular formula is C18H16BrN7O2S. The summed E-state index contributed by atoms with van der Waals surface area (Å²) in [5.41, 5.74) is 1.85. The molecule has 148 valence electrons. The number of aromatic nitrogens is 6. The lowest BCUT2D eigenvalue weighted by molar-refractivity contribution is 0.141. The molecule has 1 aliphatic heterocycles. The maximum Gasteiger partial charge on any atom is 0.261 e. The van der Waals surface area contributed by atoms with Crippen LogP contribution >= 0.6 is 27.7 Å². The molecule has 0 atom stereocenters. The third kappa shape index (κ3) is 3.18. The third-order valence-corrected chi connectivity index (χ3v) is 6.41. The van der Waals surface area contributed by atoms with Gasteiger partial charge in [0.15, 0.2) is 16.0 Å². The van der Waals surface area contributed by atoms with Gasteiger partial charge in [0, 0.05) is 25.0 Å². The van der Waals surface area contributed by atoms with E-state index in [1.54, 1.807) is 18.3 Å².